The quantitative estimate of drug-likeness (QED) is 0.0418. The van der Waals surface area contributed by atoms with Crippen LogP contribution in [0.25, 0.3) is 0 Å². The highest BCUT2D eigenvalue weighted by molar-refractivity contribution is 8.00. The molecule has 0 heterocycles. The zero-order valence-corrected chi connectivity index (χ0v) is 69.3. The van der Waals surface area contributed by atoms with Crippen molar-refractivity contribution in [2.75, 3.05) is 221 Å². The second-order valence-corrected chi connectivity index (χ2v) is 42.3. The highest BCUT2D eigenvalue weighted by Crippen LogP contribution is 2.32. The van der Waals surface area contributed by atoms with Crippen LogP contribution < -0.4 is 0 Å². The fourth-order valence-corrected chi connectivity index (χ4v) is 24.1. The molecule has 0 saturated heterocycles. The summed E-state index contributed by atoms with van der Waals surface area (Å²) < 4.78 is 99.7. The fourth-order valence-electron chi connectivity index (χ4n) is 11.7. The largest absolute Gasteiger partial charge is 0.500 e. The fraction of sp³-hybridized carbons (Fsp3) is 1.00. The van der Waals surface area contributed by atoms with Crippen LogP contribution in [0.1, 0.15) is 168 Å². The molecule has 3 aliphatic carbocycles. The van der Waals surface area contributed by atoms with E-state index in [1.54, 1.807) is 64.0 Å². The molecular formula is C68H140O17S6Si3. The Kier molecular flexibility index (Phi) is 61.2. The van der Waals surface area contributed by atoms with E-state index in [9.17, 15) is 0 Å². The Balaban J connectivity index is 0.000000659. The number of ether oxygens (including phenoxy) is 8. The molecule has 0 atom stereocenters. The molecule has 3 saturated carbocycles. The first kappa shape index (κ1) is 92.2. The van der Waals surface area contributed by atoms with Crippen LogP contribution in [-0.2, 0) is 77.7 Å². The van der Waals surface area contributed by atoms with E-state index in [4.69, 9.17) is 77.7 Å². The van der Waals surface area contributed by atoms with E-state index in [2.05, 4.69) is 42.2 Å². The van der Waals surface area contributed by atoms with Crippen LogP contribution in [0.4, 0.5) is 0 Å². The number of hydrogen-bond acceptors (Lipinski definition) is 23. The van der Waals surface area contributed by atoms with Gasteiger partial charge in [-0.1, -0.05) is 57.8 Å². The van der Waals surface area contributed by atoms with Crippen LogP contribution in [0.2, 0.25) is 18.1 Å². The molecule has 3 rings (SSSR count). The third kappa shape index (κ3) is 44.7. The molecule has 3 aliphatic rings. The van der Waals surface area contributed by atoms with Gasteiger partial charge >= 0.3 is 26.4 Å². The maximum absolute atomic E-state index is 6.34. The lowest BCUT2D eigenvalue weighted by Crippen LogP contribution is -2.42. The third-order valence-electron chi connectivity index (χ3n) is 17.5. The van der Waals surface area contributed by atoms with Crippen molar-refractivity contribution < 1.29 is 77.7 Å². The number of rotatable bonds is 66. The van der Waals surface area contributed by atoms with E-state index < -0.39 is 26.4 Å². The van der Waals surface area contributed by atoms with Gasteiger partial charge in [-0.25, -0.2) is 0 Å². The standard InChI is InChI=1S/C34H76O13S3Si3.C34H64O4S3/c1-11-44-30-34(31-45-18-12-21-48-24-15-27-51(35-2,36-3)37-4,32-46-19-13-22-49-25-16-28-52(38-5,39-6)40-7)33-47-20-14-23-50-26-17-29-53(41-8,42-9)43-10;1-2-35-27-34(28-36-21-12-24-39-31-15-6-3-7-16-31,29-37-22-13-25-40-32-17-8-4-9-18-32)30-38-23-14-26-41-33-19-10-5-11-20-33/h11-33H2,1-10H3;31-33H,2-30H2,1H3. The molecule has 0 amide bonds. The van der Waals surface area contributed by atoms with Gasteiger partial charge in [-0.3, -0.25) is 0 Å². The molecule has 17 nitrogen and oxygen atoms in total. The first-order valence-electron chi connectivity index (χ1n) is 36.2. The van der Waals surface area contributed by atoms with E-state index in [0.29, 0.717) is 79.3 Å². The topological polar surface area (TPSA) is 157 Å². The normalized spacial score (nSPS) is 16.1. The highest BCUT2D eigenvalue weighted by atomic mass is 32.2. The summed E-state index contributed by atoms with van der Waals surface area (Å²) in [7, 11) is 7.47. The Bertz CT molecular complexity index is 1440. The third-order valence-corrected chi connectivity index (χ3v) is 33.9. The van der Waals surface area contributed by atoms with Crippen LogP contribution in [0.3, 0.4) is 0 Å². The first-order chi connectivity index (χ1) is 46.0. The molecule has 0 bridgehead atoms. The summed E-state index contributed by atoms with van der Waals surface area (Å²) in [6, 6.07) is 2.45. The van der Waals surface area contributed by atoms with Gasteiger partial charge in [-0.05, 0) is 162 Å². The molecule has 0 aliphatic heterocycles. The van der Waals surface area contributed by atoms with Crippen molar-refractivity contribution >= 4 is 97.0 Å². The van der Waals surface area contributed by atoms with Gasteiger partial charge < -0.3 is 77.7 Å². The van der Waals surface area contributed by atoms with Crippen LogP contribution >= 0.6 is 70.6 Å². The van der Waals surface area contributed by atoms with Crippen molar-refractivity contribution in [2.45, 2.75) is 202 Å². The average molecular weight is 1510 g/mol. The molecular weight excluding hydrogens is 1370 g/mol. The lowest BCUT2D eigenvalue weighted by Gasteiger charge is -2.33. The highest BCUT2D eigenvalue weighted by Gasteiger charge is 2.39. The lowest BCUT2D eigenvalue weighted by molar-refractivity contribution is -0.105. The van der Waals surface area contributed by atoms with Crippen LogP contribution in [-0.4, -0.2) is 264 Å². The second kappa shape index (κ2) is 62.4. The Labute approximate surface area is 604 Å². The van der Waals surface area contributed by atoms with Crippen molar-refractivity contribution in [3.8, 4) is 0 Å². The lowest BCUT2D eigenvalue weighted by atomic mass is 9.92. The summed E-state index contributed by atoms with van der Waals surface area (Å²) in [6.45, 7) is 14.7. The molecule has 0 radical (unpaired) electrons. The predicted molar refractivity (Wildman–Crippen MR) is 409 cm³/mol. The van der Waals surface area contributed by atoms with Gasteiger partial charge in [-0.2, -0.15) is 70.6 Å². The molecule has 0 aromatic heterocycles. The minimum absolute atomic E-state index is 0.223. The minimum Gasteiger partial charge on any atom is -0.381 e. The Morgan fingerprint density at radius 3 is 0.681 bits per heavy atom. The second-order valence-electron chi connectivity index (χ2n) is 25.1. The van der Waals surface area contributed by atoms with E-state index in [0.717, 1.165) is 153 Å². The first-order valence-corrected chi connectivity index (χ1v) is 48.6. The molecule has 0 unspecified atom stereocenters. The minimum atomic E-state index is -2.50. The van der Waals surface area contributed by atoms with Gasteiger partial charge in [-0.15, -0.1) is 0 Å². The van der Waals surface area contributed by atoms with Gasteiger partial charge in [0.15, 0.2) is 0 Å². The zero-order valence-electron chi connectivity index (χ0n) is 61.4. The van der Waals surface area contributed by atoms with E-state index in [1.807, 2.05) is 42.2 Å². The van der Waals surface area contributed by atoms with Gasteiger partial charge in [0.1, 0.15) is 0 Å². The molecule has 0 aromatic rings. The molecule has 0 aromatic carbocycles. The molecule has 0 N–H and O–H groups in total. The average Bonchev–Trinajstić information content (AvgIpc) is 1.16. The number of thioether (sulfide) groups is 6. The molecule has 3 fully saturated rings. The smallest absolute Gasteiger partial charge is 0.381 e. The van der Waals surface area contributed by atoms with E-state index in [1.165, 1.54) is 114 Å². The summed E-state index contributed by atoms with van der Waals surface area (Å²) in [6.07, 6.45) is 30.6. The predicted octanol–water partition coefficient (Wildman–Crippen LogP) is 15.7. The SMILES string of the molecule is CCOCC(COCCCSC1CCCCC1)(COCCCSC1CCCCC1)COCCCSC1CCCCC1.CCOCC(COCCCSCCC[Si](OC)(OC)OC)(COCCCSCCC[Si](OC)(OC)OC)COCCCSCCC[Si](OC)(OC)OC. The Hall–Kier alpha value is 2.07. The molecule has 94 heavy (non-hydrogen) atoms. The molecule has 26 heteroatoms. The summed E-state index contributed by atoms with van der Waals surface area (Å²) in [5.41, 5.74) is -0.597. The van der Waals surface area contributed by atoms with Crippen LogP contribution in [0, 0.1) is 10.8 Å². The van der Waals surface area contributed by atoms with Gasteiger partial charge in [0.25, 0.3) is 0 Å². The maximum atomic E-state index is 6.34. The van der Waals surface area contributed by atoms with E-state index in [-0.39, 0.29) is 10.8 Å². The van der Waals surface area contributed by atoms with Crippen LogP contribution in [0.15, 0.2) is 0 Å². The van der Waals surface area contributed by atoms with Crippen LogP contribution in [0.5, 0.6) is 0 Å². The monoisotopic (exact) mass is 1500 g/mol. The molecule has 562 valence electrons. The Morgan fingerprint density at radius 2 is 0.468 bits per heavy atom. The summed E-state index contributed by atoms with van der Waals surface area (Å²) in [5.74, 6) is 9.82. The molecule has 0 spiro atoms. The van der Waals surface area contributed by atoms with E-state index >= 15 is 0 Å². The van der Waals surface area contributed by atoms with Crippen molar-refractivity contribution in [3.63, 3.8) is 0 Å². The van der Waals surface area contributed by atoms with Gasteiger partial charge in [0, 0.05) is 151 Å². The Morgan fingerprint density at radius 1 is 0.266 bits per heavy atom. The summed E-state index contributed by atoms with van der Waals surface area (Å²) in [5, 5.41) is 2.65. The zero-order chi connectivity index (χ0) is 68.3. The van der Waals surface area contributed by atoms with Crippen molar-refractivity contribution in [3.05, 3.63) is 0 Å². The van der Waals surface area contributed by atoms with Gasteiger partial charge in [0.2, 0.25) is 0 Å². The number of hydrogen-bond donors (Lipinski definition) is 0. The summed E-state index contributed by atoms with van der Waals surface area (Å²) in [4.78, 5) is 0. The van der Waals surface area contributed by atoms with Crippen molar-refractivity contribution in [2.24, 2.45) is 10.8 Å². The van der Waals surface area contributed by atoms with Crippen molar-refractivity contribution in [1.29, 1.82) is 0 Å². The van der Waals surface area contributed by atoms with Gasteiger partial charge in [0.05, 0.1) is 63.7 Å². The van der Waals surface area contributed by atoms with Crippen molar-refractivity contribution in [1.82, 2.24) is 0 Å². The summed E-state index contributed by atoms with van der Waals surface area (Å²) >= 11 is 12.3. The maximum Gasteiger partial charge on any atom is 0.500 e.